The van der Waals surface area contributed by atoms with Crippen LogP contribution in [-0.2, 0) is 19.1 Å². The minimum absolute atomic E-state index is 0.00507. The van der Waals surface area contributed by atoms with Gasteiger partial charge in [-0.2, -0.15) is 0 Å². The predicted molar refractivity (Wildman–Crippen MR) is 111 cm³/mol. The summed E-state index contributed by atoms with van der Waals surface area (Å²) in [6.45, 7) is 2.92. The molecule has 4 aliphatic carbocycles. The van der Waals surface area contributed by atoms with Gasteiger partial charge in [-0.05, 0) is 49.4 Å². The number of quaternary nitrogens is 1. The molecule has 5 nitrogen and oxygen atoms in total. The highest BCUT2D eigenvalue weighted by atomic mass is 16.5. The monoisotopic (exact) mass is 402 g/mol. The summed E-state index contributed by atoms with van der Waals surface area (Å²) in [5.74, 6) is 2.20. The molecule has 0 aliphatic heterocycles. The molecule has 0 amide bonds. The fourth-order valence-electron chi connectivity index (χ4n) is 5.76. The lowest BCUT2D eigenvalue weighted by molar-refractivity contribution is -0.890. The molecule has 160 valence electrons. The molecule has 4 aliphatic rings. The van der Waals surface area contributed by atoms with Crippen LogP contribution in [0, 0.1) is 35.5 Å². The predicted octanol–water partition coefficient (Wildman–Crippen LogP) is 3.35. The first kappa shape index (κ1) is 20.6. The Kier molecular flexibility index (Phi) is 6.14. The van der Waals surface area contributed by atoms with Gasteiger partial charge in [-0.1, -0.05) is 24.3 Å². The fraction of sp³-hybridized carbons (Fsp3) is 0.750. The molecular weight excluding hydrogens is 366 g/mol. The second-order valence-corrected chi connectivity index (χ2v) is 10.2. The first-order valence-electron chi connectivity index (χ1n) is 11.4. The molecule has 2 fully saturated rings. The molecule has 29 heavy (non-hydrogen) atoms. The zero-order valence-electron chi connectivity index (χ0n) is 17.9. The standard InChI is InChI=1S/C24H36NO4/c1-25(2,9-3-11-28-23(26)21-15-17-5-7-19(21)13-17)10-4-12-29-24(27)22-16-18-6-8-20(22)14-18/h5-8,17-22H,3-4,9-16H2,1-2H3/q+1. The Morgan fingerprint density at radius 1 is 0.759 bits per heavy atom. The van der Waals surface area contributed by atoms with Crippen molar-refractivity contribution in [3.63, 3.8) is 0 Å². The van der Waals surface area contributed by atoms with Crippen molar-refractivity contribution in [1.29, 1.82) is 0 Å². The Balaban J connectivity index is 1.06. The molecule has 6 unspecified atom stereocenters. The van der Waals surface area contributed by atoms with E-state index in [1.54, 1.807) is 0 Å². The topological polar surface area (TPSA) is 52.6 Å². The van der Waals surface area contributed by atoms with Crippen molar-refractivity contribution in [2.45, 2.75) is 38.5 Å². The number of ether oxygens (including phenoxy) is 2. The Labute approximate surface area is 174 Å². The maximum Gasteiger partial charge on any atom is 0.309 e. The Hall–Kier alpha value is -1.62. The van der Waals surface area contributed by atoms with Crippen molar-refractivity contribution < 1.29 is 23.5 Å². The Morgan fingerprint density at radius 2 is 1.21 bits per heavy atom. The zero-order chi connectivity index (χ0) is 20.4. The van der Waals surface area contributed by atoms with E-state index >= 15 is 0 Å². The van der Waals surface area contributed by atoms with Crippen molar-refractivity contribution in [2.75, 3.05) is 40.4 Å². The van der Waals surface area contributed by atoms with E-state index in [9.17, 15) is 9.59 Å². The second-order valence-electron chi connectivity index (χ2n) is 10.2. The largest absolute Gasteiger partial charge is 0.465 e. The third kappa shape index (κ3) is 4.93. The SMILES string of the molecule is C[N+](C)(CCCOC(=O)C1CC2C=CC1C2)CCCOC(=O)C1CC2C=CC1C2. The molecule has 0 aromatic heterocycles. The van der Waals surface area contributed by atoms with Crippen LogP contribution in [0.15, 0.2) is 24.3 Å². The molecule has 0 spiro atoms. The van der Waals surface area contributed by atoms with Gasteiger partial charge >= 0.3 is 11.9 Å². The lowest BCUT2D eigenvalue weighted by Crippen LogP contribution is -2.42. The summed E-state index contributed by atoms with van der Waals surface area (Å²) in [4.78, 5) is 24.6. The van der Waals surface area contributed by atoms with Crippen molar-refractivity contribution in [2.24, 2.45) is 35.5 Å². The van der Waals surface area contributed by atoms with Crippen LogP contribution in [-0.4, -0.2) is 56.8 Å². The summed E-state index contributed by atoms with van der Waals surface area (Å²) in [7, 11) is 4.37. The molecule has 0 radical (unpaired) electrons. The number of rotatable bonds is 10. The van der Waals surface area contributed by atoms with E-state index in [-0.39, 0.29) is 23.8 Å². The van der Waals surface area contributed by atoms with Crippen molar-refractivity contribution in [3.05, 3.63) is 24.3 Å². The van der Waals surface area contributed by atoms with E-state index < -0.39 is 0 Å². The highest BCUT2D eigenvalue weighted by molar-refractivity contribution is 5.74. The minimum Gasteiger partial charge on any atom is -0.465 e. The van der Waals surface area contributed by atoms with Gasteiger partial charge in [0.2, 0.25) is 0 Å². The van der Waals surface area contributed by atoms with E-state index in [0.29, 0.717) is 36.9 Å². The lowest BCUT2D eigenvalue weighted by Gasteiger charge is -2.30. The molecule has 0 aromatic carbocycles. The quantitative estimate of drug-likeness (QED) is 0.243. The van der Waals surface area contributed by atoms with Gasteiger partial charge in [0.05, 0.1) is 52.2 Å². The van der Waals surface area contributed by atoms with Crippen LogP contribution in [0.25, 0.3) is 0 Å². The van der Waals surface area contributed by atoms with Crippen LogP contribution in [0.4, 0.5) is 0 Å². The summed E-state index contributed by atoms with van der Waals surface area (Å²) in [6, 6.07) is 0. The molecule has 6 atom stereocenters. The van der Waals surface area contributed by atoms with Gasteiger partial charge in [0.25, 0.3) is 0 Å². The molecule has 5 heteroatoms. The summed E-state index contributed by atoms with van der Waals surface area (Å²) in [6.07, 6.45) is 14.8. The van der Waals surface area contributed by atoms with Gasteiger partial charge in [-0.15, -0.1) is 0 Å². The van der Waals surface area contributed by atoms with E-state index in [1.807, 2.05) is 0 Å². The number of fused-ring (bicyclic) bond motifs is 4. The van der Waals surface area contributed by atoms with E-state index in [4.69, 9.17) is 9.47 Å². The average Bonchev–Trinajstić information content (AvgIpc) is 3.49. The molecule has 0 heterocycles. The maximum atomic E-state index is 12.3. The molecule has 4 rings (SSSR count). The fourth-order valence-corrected chi connectivity index (χ4v) is 5.76. The first-order valence-corrected chi connectivity index (χ1v) is 11.4. The van der Waals surface area contributed by atoms with Crippen molar-refractivity contribution >= 4 is 11.9 Å². The maximum absolute atomic E-state index is 12.3. The third-order valence-corrected chi connectivity index (χ3v) is 7.47. The minimum atomic E-state index is -0.00507. The number of allylic oxidation sites excluding steroid dienone is 4. The second kappa shape index (κ2) is 8.63. The summed E-state index contributed by atoms with van der Waals surface area (Å²) in [5.41, 5.74) is 0. The van der Waals surface area contributed by atoms with Gasteiger partial charge in [-0.3, -0.25) is 9.59 Å². The molecule has 0 saturated heterocycles. The van der Waals surface area contributed by atoms with Crippen LogP contribution in [0.5, 0.6) is 0 Å². The van der Waals surface area contributed by atoms with E-state index in [2.05, 4.69) is 38.4 Å². The molecule has 0 aromatic rings. The van der Waals surface area contributed by atoms with Crippen LogP contribution in [0.1, 0.15) is 38.5 Å². The average molecular weight is 403 g/mol. The van der Waals surface area contributed by atoms with Crippen molar-refractivity contribution in [1.82, 2.24) is 0 Å². The van der Waals surface area contributed by atoms with Gasteiger partial charge in [0, 0.05) is 12.8 Å². The van der Waals surface area contributed by atoms with E-state index in [1.165, 1.54) is 0 Å². The smallest absolute Gasteiger partial charge is 0.309 e. The molecular formula is C24H36NO4+. The normalized spacial score (nSPS) is 34.1. The number of hydrogen-bond acceptors (Lipinski definition) is 4. The summed E-state index contributed by atoms with van der Waals surface area (Å²) >= 11 is 0. The highest BCUT2D eigenvalue weighted by Gasteiger charge is 2.41. The van der Waals surface area contributed by atoms with E-state index in [0.717, 1.165) is 56.1 Å². The van der Waals surface area contributed by atoms with Gasteiger partial charge < -0.3 is 14.0 Å². The molecule has 2 saturated carbocycles. The lowest BCUT2D eigenvalue weighted by atomic mass is 9.94. The molecule has 0 N–H and O–H groups in total. The Morgan fingerprint density at radius 3 is 1.55 bits per heavy atom. The summed E-state index contributed by atoms with van der Waals surface area (Å²) < 4.78 is 12.0. The highest BCUT2D eigenvalue weighted by Crippen LogP contribution is 2.44. The zero-order valence-corrected chi connectivity index (χ0v) is 17.9. The van der Waals surface area contributed by atoms with Crippen molar-refractivity contribution in [3.8, 4) is 0 Å². The number of carbonyl (C=O) groups is 2. The third-order valence-electron chi connectivity index (χ3n) is 7.47. The van der Waals surface area contributed by atoms with Crippen LogP contribution >= 0.6 is 0 Å². The summed E-state index contributed by atoms with van der Waals surface area (Å²) in [5, 5.41) is 0. The molecule has 4 bridgehead atoms. The van der Waals surface area contributed by atoms with Crippen LogP contribution in [0.3, 0.4) is 0 Å². The van der Waals surface area contributed by atoms with Crippen LogP contribution in [0.2, 0.25) is 0 Å². The number of carbonyl (C=O) groups excluding carboxylic acids is 2. The Bertz CT molecular complexity index is 626. The number of nitrogens with zero attached hydrogens (tertiary/aromatic N) is 1. The van der Waals surface area contributed by atoms with Gasteiger partial charge in [0.1, 0.15) is 0 Å². The number of esters is 2. The van der Waals surface area contributed by atoms with Crippen LogP contribution < -0.4 is 0 Å². The van der Waals surface area contributed by atoms with Gasteiger partial charge in [0.15, 0.2) is 0 Å². The van der Waals surface area contributed by atoms with Gasteiger partial charge in [-0.25, -0.2) is 0 Å². The first-order chi connectivity index (χ1) is 13.9. The number of hydrogen-bond donors (Lipinski definition) is 0.